The Balaban J connectivity index is 1.74. The van der Waals surface area contributed by atoms with E-state index in [1.807, 2.05) is 65.2 Å². The number of halogens is 1. The van der Waals surface area contributed by atoms with Crippen LogP contribution in [0.25, 0.3) is 39.6 Å². The number of fused-ring (bicyclic) bond motifs is 1. The predicted molar refractivity (Wildman–Crippen MR) is 126 cm³/mol. The van der Waals surface area contributed by atoms with Gasteiger partial charge in [0.1, 0.15) is 17.1 Å². The number of methoxy groups -OCH3 is 1. The molecular weight excluding hydrogens is 424 g/mol. The number of pyridine rings is 3. The van der Waals surface area contributed by atoms with Crippen LogP contribution in [0.3, 0.4) is 0 Å². The molecule has 0 saturated heterocycles. The normalized spacial score (nSPS) is 11.1. The molecule has 0 bridgehead atoms. The molecule has 0 radical (unpaired) electrons. The fraction of sp³-hybridized carbons (Fsp3) is 0.0833. The molecule has 0 aliphatic carbocycles. The van der Waals surface area contributed by atoms with Crippen molar-refractivity contribution >= 4 is 28.6 Å². The van der Waals surface area contributed by atoms with Gasteiger partial charge in [0.2, 0.25) is 0 Å². The number of benzene rings is 1. The van der Waals surface area contributed by atoms with Gasteiger partial charge >= 0.3 is 0 Å². The third-order valence-electron chi connectivity index (χ3n) is 5.17. The van der Waals surface area contributed by atoms with Crippen LogP contribution in [0.4, 0.5) is 5.82 Å². The van der Waals surface area contributed by atoms with Gasteiger partial charge in [0, 0.05) is 17.8 Å². The standard InChI is InChI=1S/C24H19ClN6O/c1-32-17-8-9-19(28-14-17)20-10-11-21-24(29-20)31(16-6-4-15(13-25)5-7-16)23(30-21)18-3-2-12-27-22(18)26/h2-12,14H,13H2,1H3,(H2,26,27). The summed E-state index contributed by atoms with van der Waals surface area (Å²) < 4.78 is 7.19. The third-order valence-corrected chi connectivity index (χ3v) is 5.48. The average molecular weight is 443 g/mol. The van der Waals surface area contributed by atoms with Crippen molar-refractivity contribution in [1.82, 2.24) is 24.5 Å². The molecule has 0 unspecified atom stereocenters. The minimum absolute atomic E-state index is 0.401. The molecule has 4 heterocycles. The summed E-state index contributed by atoms with van der Waals surface area (Å²) in [5, 5.41) is 0. The topological polar surface area (TPSA) is 91.7 Å². The van der Waals surface area contributed by atoms with Crippen LogP contribution in [0.1, 0.15) is 5.56 Å². The molecule has 7 nitrogen and oxygen atoms in total. The average Bonchev–Trinajstić information content (AvgIpc) is 3.23. The molecule has 0 fully saturated rings. The summed E-state index contributed by atoms with van der Waals surface area (Å²) in [6.07, 6.45) is 3.33. The molecule has 0 aliphatic heterocycles. The second-order valence-corrected chi connectivity index (χ2v) is 7.40. The Morgan fingerprint density at radius 3 is 2.44 bits per heavy atom. The highest BCUT2D eigenvalue weighted by Crippen LogP contribution is 2.31. The number of anilines is 1. The number of nitrogen functional groups attached to an aromatic ring is 1. The monoisotopic (exact) mass is 442 g/mol. The molecule has 32 heavy (non-hydrogen) atoms. The maximum absolute atomic E-state index is 6.19. The van der Waals surface area contributed by atoms with E-state index in [9.17, 15) is 0 Å². The Hall–Kier alpha value is -3.97. The van der Waals surface area contributed by atoms with Crippen molar-refractivity contribution < 1.29 is 4.74 Å². The molecule has 4 aromatic heterocycles. The molecule has 1 aromatic carbocycles. The van der Waals surface area contributed by atoms with Gasteiger partial charge in [-0.3, -0.25) is 9.55 Å². The summed E-state index contributed by atoms with van der Waals surface area (Å²) >= 11 is 5.99. The molecule has 8 heteroatoms. The van der Waals surface area contributed by atoms with Crippen LogP contribution in [-0.2, 0) is 5.88 Å². The van der Waals surface area contributed by atoms with Crippen molar-refractivity contribution in [2.75, 3.05) is 12.8 Å². The molecule has 0 atom stereocenters. The van der Waals surface area contributed by atoms with Crippen molar-refractivity contribution in [2.45, 2.75) is 5.88 Å². The van der Waals surface area contributed by atoms with Crippen LogP contribution in [0, 0.1) is 0 Å². The van der Waals surface area contributed by atoms with E-state index < -0.39 is 0 Å². The quantitative estimate of drug-likeness (QED) is 0.390. The fourth-order valence-corrected chi connectivity index (χ4v) is 3.70. The van der Waals surface area contributed by atoms with Crippen molar-refractivity contribution in [3.05, 3.63) is 78.6 Å². The Labute approximate surface area is 189 Å². The van der Waals surface area contributed by atoms with Crippen LogP contribution >= 0.6 is 11.6 Å². The van der Waals surface area contributed by atoms with Crippen LogP contribution < -0.4 is 10.5 Å². The van der Waals surface area contributed by atoms with Gasteiger partial charge in [-0.15, -0.1) is 11.6 Å². The van der Waals surface area contributed by atoms with Crippen molar-refractivity contribution in [2.24, 2.45) is 0 Å². The lowest BCUT2D eigenvalue weighted by atomic mass is 10.2. The minimum atomic E-state index is 0.401. The van der Waals surface area contributed by atoms with E-state index in [1.54, 1.807) is 19.5 Å². The van der Waals surface area contributed by atoms with Crippen molar-refractivity contribution in [3.8, 4) is 34.2 Å². The van der Waals surface area contributed by atoms with Crippen LogP contribution in [0.15, 0.2) is 73.1 Å². The van der Waals surface area contributed by atoms with E-state index in [-0.39, 0.29) is 0 Å². The SMILES string of the molecule is COc1ccc(-c2ccc3nc(-c4cccnc4N)n(-c4ccc(CCl)cc4)c3n2)nc1. The zero-order valence-corrected chi connectivity index (χ0v) is 18.0. The number of imidazole rings is 1. The Morgan fingerprint density at radius 2 is 1.75 bits per heavy atom. The number of hydrogen-bond donors (Lipinski definition) is 1. The zero-order chi connectivity index (χ0) is 22.1. The highest BCUT2D eigenvalue weighted by Gasteiger charge is 2.18. The first-order chi connectivity index (χ1) is 15.7. The van der Waals surface area contributed by atoms with Gasteiger partial charge in [-0.05, 0) is 54.1 Å². The lowest BCUT2D eigenvalue weighted by Gasteiger charge is -2.11. The molecule has 5 rings (SSSR count). The van der Waals surface area contributed by atoms with Gasteiger partial charge in [0.15, 0.2) is 11.5 Å². The molecule has 0 amide bonds. The maximum atomic E-state index is 6.19. The van der Waals surface area contributed by atoms with Crippen molar-refractivity contribution in [1.29, 1.82) is 0 Å². The molecular formula is C24H19ClN6O. The minimum Gasteiger partial charge on any atom is -0.495 e. The molecule has 0 aliphatic rings. The van der Waals surface area contributed by atoms with Gasteiger partial charge in [-0.25, -0.2) is 15.0 Å². The summed E-state index contributed by atoms with van der Waals surface area (Å²) in [4.78, 5) is 18.4. The molecule has 2 N–H and O–H groups in total. The van der Waals surface area contributed by atoms with Gasteiger partial charge < -0.3 is 10.5 Å². The van der Waals surface area contributed by atoms with Gasteiger partial charge in [0.25, 0.3) is 0 Å². The lowest BCUT2D eigenvalue weighted by Crippen LogP contribution is -2.02. The van der Waals surface area contributed by atoms with Gasteiger partial charge in [-0.1, -0.05) is 12.1 Å². The Kier molecular flexibility index (Phi) is 5.17. The molecule has 0 saturated carbocycles. The first-order valence-corrected chi connectivity index (χ1v) is 10.5. The smallest absolute Gasteiger partial charge is 0.165 e. The fourth-order valence-electron chi connectivity index (χ4n) is 3.52. The third kappa shape index (κ3) is 3.52. The summed E-state index contributed by atoms with van der Waals surface area (Å²) in [5.74, 6) is 2.20. The lowest BCUT2D eigenvalue weighted by molar-refractivity contribution is 0.413. The second-order valence-electron chi connectivity index (χ2n) is 7.13. The highest BCUT2D eigenvalue weighted by atomic mass is 35.5. The molecule has 158 valence electrons. The van der Waals surface area contributed by atoms with Crippen LogP contribution in [0.5, 0.6) is 5.75 Å². The summed E-state index contributed by atoms with van der Waals surface area (Å²) in [6, 6.07) is 19.3. The second kappa shape index (κ2) is 8.28. The maximum Gasteiger partial charge on any atom is 0.165 e. The summed E-state index contributed by atoms with van der Waals surface area (Å²) in [6.45, 7) is 0. The number of nitrogens with zero attached hydrogens (tertiary/aromatic N) is 5. The Morgan fingerprint density at radius 1 is 0.938 bits per heavy atom. The Bertz CT molecular complexity index is 1400. The highest BCUT2D eigenvalue weighted by molar-refractivity contribution is 6.17. The first kappa shape index (κ1) is 20.0. The summed E-state index contributed by atoms with van der Waals surface area (Å²) in [7, 11) is 1.61. The number of aromatic nitrogens is 5. The number of rotatable bonds is 5. The zero-order valence-electron chi connectivity index (χ0n) is 17.2. The van der Waals surface area contributed by atoms with Gasteiger partial charge in [0.05, 0.1) is 30.3 Å². The van der Waals surface area contributed by atoms with E-state index in [2.05, 4.69) is 9.97 Å². The van der Waals surface area contributed by atoms with E-state index >= 15 is 0 Å². The van der Waals surface area contributed by atoms with Crippen LogP contribution in [-0.4, -0.2) is 31.6 Å². The number of nitrogens with two attached hydrogens (primary N) is 1. The van der Waals surface area contributed by atoms with Gasteiger partial charge in [-0.2, -0.15) is 0 Å². The first-order valence-electron chi connectivity index (χ1n) is 9.94. The van der Waals surface area contributed by atoms with Crippen LogP contribution in [0.2, 0.25) is 0 Å². The van der Waals surface area contributed by atoms with E-state index in [4.69, 9.17) is 32.0 Å². The predicted octanol–water partition coefficient (Wildman–Crippen LogP) is 4.87. The van der Waals surface area contributed by atoms with E-state index in [1.165, 1.54) is 0 Å². The summed E-state index contributed by atoms with van der Waals surface area (Å²) in [5.41, 5.74) is 11.7. The van der Waals surface area contributed by atoms with E-state index in [0.29, 0.717) is 28.9 Å². The molecule has 0 spiro atoms. The largest absolute Gasteiger partial charge is 0.495 e. The number of ether oxygens (including phenoxy) is 1. The number of alkyl halides is 1. The van der Waals surface area contributed by atoms with E-state index in [0.717, 1.165) is 33.7 Å². The number of hydrogen-bond acceptors (Lipinski definition) is 6. The molecule has 5 aromatic rings. The van der Waals surface area contributed by atoms with Crippen molar-refractivity contribution in [3.63, 3.8) is 0 Å².